The third kappa shape index (κ3) is 3.28. The van der Waals surface area contributed by atoms with Crippen LogP contribution in [-0.2, 0) is 11.3 Å². The SMILES string of the molecule is O=C(OCc1ccccc1)c1ccc2ccc(Br)cc2n1. The number of hydrogen-bond acceptors (Lipinski definition) is 3. The van der Waals surface area contributed by atoms with Crippen LogP contribution in [0.2, 0.25) is 0 Å². The van der Waals surface area contributed by atoms with Crippen molar-refractivity contribution in [1.29, 1.82) is 0 Å². The van der Waals surface area contributed by atoms with E-state index in [9.17, 15) is 4.79 Å². The lowest BCUT2D eigenvalue weighted by molar-refractivity contribution is 0.0466. The van der Waals surface area contributed by atoms with Crippen molar-refractivity contribution in [3.63, 3.8) is 0 Å². The molecular weight excluding hydrogens is 330 g/mol. The van der Waals surface area contributed by atoms with Crippen LogP contribution in [0.15, 0.2) is 65.1 Å². The molecule has 0 spiro atoms. The Morgan fingerprint density at radius 3 is 2.62 bits per heavy atom. The third-order valence-corrected chi connectivity index (χ3v) is 3.57. The number of nitrogens with zero attached hydrogens (tertiary/aromatic N) is 1. The second kappa shape index (κ2) is 6.06. The van der Waals surface area contributed by atoms with E-state index in [2.05, 4.69) is 20.9 Å². The summed E-state index contributed by atoms with van der Waals surface area (Å²) >= 11 is 3.40. The van der Waals surface area contributed by atoms with Crippen LogP contribution in [-0.4, -0.2) is 11.0 Å². The number of ether oxygens (including phenoxy) is 1. The van der Waals surface area contributed by atoms with E-state index in [0.29, 0.717) is 5.69 Å². The molecule has 0 atom stereocenters. The number of fused-ring (bicyclic) bond motifs is 1. The zero-order chi connectivity index (χ0) is 14.7. The van der Waals surface area contributed by atoms with Crippen LogP contribution >= 0.6 is 15.9 Å². The quantitative estimate of drug-likeness (QED) is 0.664. The van der Waals surface area contributed by atoms with Crippen LogP contribution in [0.4, 0.5) is 0 Å². The average Bonchev–Trinajstić information content (AvgIpc) is 2.53. The molecule has 0 saturated heterocycles. The molecule has 0 fully saturated rings. The molecule has 3 rings (SSSR count). The maximum Gasteiger partial charge on any atom is 0.357 e. The van der Waals surface area contributed by atoms with E-state index in [1.165, 1.54) is 0 Å². The smallest absolute Gasteiger partial charge is 0.357 e. The minimum atomic E-state index is -0.416. The fraction of sp³-hybridized carbons (Fsp3) is 0.0588. The highest BCUT2D eigenvalue weighted by Crippen LogP contribution is 2.18. The number of hydrogen-bond donors (Lipinski definition) is 0. The highest BCUT2D eigenvalue weighted by atomic mass is 79.9. The number of carbonyl (C=O) groups excluding carboxylic acids is 1. The molecule has 0 radical (unpaired) electrons. The Labute approximate surface area is 130 Å². The van der Waals surface area contributed by atoms with E-state index in [-0.39, 0.29) is 6.61 Å². The molecule has 0 aliphatic rings. The van der Waals surface area contributed by atoms with Crippen molar-refractivity contribution in [3.05, 3.63) is 76.4 Å². The zero-order valence-electron chi connectivity index (χ0n) is 11.1. The number of aromatic nitrogens is 1. The maximum absolute atomic E-state index is 12.1. The van der Waals surface area contributed by atoms with Gasteiger partial charge in [-0.25, -0.2) is 9.78 Å². The average molecular weight is 342 g/mol. The first-order valence-electron chi connectivity index (χ1n) is 6.50. The molecule has 0 saturated carbocycles. The normalized spacial score (nSPS) is 10.5. The van der Waals surface area contributed by atoms with E-state index in [0.717, 1.165) is 20.9 Å². The number of pyridine rings is 1. The Balaban J connectivity index is 1.78. The van der Waals surface area contributed by atoms with Gasteiger partial charge in [0.1, 0.15) is 12.3 Å². The molecule has 1 aromatic heterocycles. The summed E-state index contributed by atoms with van der Waals surface area (Å²) in [6, 6.07) is 18.9. The Bertz CT molecular complexity index is 787. The predicted octanol–water partition coefficient (Wildman–Crippen LogP) is 4.35. The number of benzene rings is 2. The Morgan fingerprint density at radius 2 is 1.81 bits per heavy atom. The van der Waals surface area contributed by atoms with Crippen molar-refractivity contribution >= 4 is 32.8 Å². The van der Waals surface area contributed by atoms with Crippen molar-refractivity contribution < 1.29 is 9.53 Å². The number of halogens is 1. The maximum atomic E-state index is 12.1. The molecule has 104 valence electrons. The minimum Gasteiger partial charge on any atom is -0.456 e. The summed E-state index contributed by atoms with van der Waals surface area (Å²) in [7, 11) is 0. The lowest BCUT2D eigenvalue weighted by Gasteiger charge is -2.05. The summed E-state index contributed by atoms with van der Waals surface area (Å²) in [4.78, 5) is 16.4. The van der Waals surface area contributed by atoms with Gasteiger partial charge in [-0.15, -0.1) is 0 Å². The molecule has 3 nitrogen and oxygen atoms in total. The van der Waals surface area contributed by atoms with E-state index in [4.69, 9.17) is 4.74 Å². The summed E-state index contributed by atoms with van der Waals surface area (Å²) in [5, 5.41) is 0.984. The van der Waals surface area contributed by atoms with E-state index in [1.807, 2.05) is 54.6 Å². The molecular formula is C17H12BrNO2. The number of esters is 1. The summed E-state index contributed by atoms with van der Waals surface area (Å²) < 4.78 is 6.21. The summed E-state index contributed by atoms with van der Waals surface area (Å²) in [6.07, 6.45) is 0. The van der Waals surface area contributed by atoms with Crippen LogP contribution < -0.4 is 0 Å². The van der Waals surface area contributed by atoms with Crippen LogP contribution in [0.3, 0.4) is 0 Å². The first-order valence-corrected chi connectivity index (χ1v) is 7.29. The van der Waals surface area contributed by atoms with Crippen LogP contribution in [0.25, 0.3) is 10.9 Å². The lowest BCUT2D eigenvalue weighted by Crippen LogP contribution is -2.07. The Morgan fingerprint density at radius 1 is 1.05 bits per heavy atom. The highest BCUT2D eigenvalue weighted by Gasteiger charge is 2.10. The second-order valence-corrected chi connectivity index (χ2v) is 5.51. The molecule has 0 unspecified atom stereocenters. The molecule has 3 aromatic rings. The van der Waals surface area contributed by atoms with Gasteiger partial charge in [0.25, 0.3) is 0 Å². The molecule has 2 aromatic carbocycles. The fourth-order valence-electron chi connectivity index (χ4n) is 2.00. The van der Waals surface area contributed by atoms with E-state index in [1.54, 1.807) is 6.07 Å². The third-order valence-electron chi connectivity index (χ3n) is 3.08. The van der Waals surface area contributed by atoms with Gasteiger partial charge in [0.15, 0.2) is 0 Å². The van der Waals surface area contributed by atoms with Gasteiger partial charge in [0.2, 0.25) is 0 Å². The molecule has 0 bridgehead atoms. The molecule has 0 amide bonds. The van der Waals surface area contributed by atoms with Gasteiger partial charge in [-0.1, -0.05) is 58.4 Å². The highest BCUT2D eigenvalue weighted by molar-refractivity contribution is 9.10. The largest absolute Gasteiger partial charge is 0.456 e. The van der Waals surface area contributed by atoms with Crippen molar-refractivity contribution in [3.8, 4) is 0 Å². The molecule has 21 heavy (non-hydrogen) atoms. The van der Waals surface area contributed by atoms with Crippen LogP contribution in [0.1, 0.15) is 16.1 Å². The van der Waals surface area contributed by atoms with Crippen molar-refractivity contribution in [2.45, 2.75) is 6.61 Å². The predicted molar refractivity (Wildman–Crippen MR) is 85.0 cm³/mol. The Kier molecular flexibility index (Phi) is 3.97. The minimum absolute atomic E-state index is 0.248. The van der Waals surface area contributed by atoms with Crippen molar-refractivity contribution in [1.82, 2.24) is 4.98 Å². The molecule has 1 heterocycles. The summed E-state index contributed by atoms with van der Waals surface area (Å²) in [5.74, 6) is -0.416. The zero-order valence-corrected chi connectivity index (χ0v) is 12.7. The van der Waals surface area contributed by atoms with Gasteiger partial charge in [-0.2, -0.15) is 0 Å². The molecule has 0 N–H and O–H groups in total. The van der Waals surface area contributed by atoms with E-state index < -0.39 is 5.97 Å². The second-order valence-electron chi connectivity index (χ2n) is 4.60. The van der Waals surface area contributed by atoms with Gasteiger partial charge < -0.3 is 4.74 Å². The van der Waals surface area contributed by atoms with Gasteiger partial charge in [0, 0.05) is 9.86 Å². The lowest BCUT2D eigenvalue weighted by atomic mass is 10.2. The molecule has 0 aliphatic heterocycles. The number of carbonyl (C=O) groups is 1. The van der Waals surface area contributed by atoms with Gasteiger partial charge in [0.05, 0.1) is 5.52 Å². The van der Waals surface area contributed by atoms with Crippen molar-refractivity contribution in [2.24, 2.45) is 0 Å². The standard InChI is InChI=1S/C17H12BrNO2/c18-14-8-6-13-7-9-15(19-16(13)10-14)17(20)21-11-12-4-2-1-3-5-12/h1-10H,11H2. The van der Waals surface area contributed by atoms with Gasteiger partial charge >= 0.3 is 5.97 Å². The summed E-state index contributed by atoms with van der Waals surface area (Å²) in [6.45, 7) is 0.248. The first-order chi connectivity index (χ1) is 10.2. The van der Waals surface area contributed by atoms with Crippen LogP contribution in [0.5, 0.6) is 0 Å². The van der Waals surface area contributed by atoms with E-state index >= 15 is 0 Å². The monoisotopic (exact) mass is 341 g/mol. The first kappa shape index (κ1) is 13.8. The van der Waals surface area contributed by atoms with Crippen LogP contribution in [0, 0.1) is 0 Å². The summed E-state index contributed by atoms with van der Waals surface area (Å²) in [5.41, 5.74) is 2.03. The Hall–Kier alpha value is -2.20. The fourth-order valence-corrected chi connectivity index (χ4v) is 2.35. The molecule has 0 aliphatic carbocycles. The van der Waals surface area contributed by atoms with Gasteiger partial charge in [-0.3, -0.25) is 0 Å². The molecule has 4 heteroatoms. The number of rotatable bonds is 3. The topological polar surface area (TPSA) is 39.2 Å². The van der Waals surface area contributed by atoms with Gasteiger partial charge in [-0.05, 0) is 23.8 Å². The van der Waals surface area contributed by atoms with Crippen molar-refractivity contribution in [2.75, 3.05) is 0 Å².